The number of thioether (sulfide) groups is 2. The fourth-order valence-corrected chi connectivity index (χ4v) is 7.60. The zero-order chi connectivity index (χ0) is 30.2. The summed E-state index contributed by atoms with van der Waals surface area (Å²) in [6.07, 6.45) is 6.22. The van der Waals surface area contributed by atoms with Crippen molar-refractivity contribution in [2.45, 2.75) is 100 Å². The molecule has 2 aromatic carbocycles. The highest BCUT2D eigenvalue weighted by molar-refractivity contribution is 7.99. The van der Waals surface area contributed by atoms with Crippen LogP contribution in [0.15, 0.2) is 29.2 Å². The van der Waals surface area contributed by atoms with Crippen molar-refractivity contribution >= 4 is 23.5 Å². The fraction of sp³-hybridized carbons (Fsp3) is 0.647. The molecule has 0 saturated carbocycles. The van der Waals surface area contributed by atoms with Crippen molar-refractivity contribution in [3.8, 4) is 23.0 Å². The Hall–Kier alpha value is -1.70. The molecule has 0 aromatic heterocycles. The van der Waals surface area contributed by atoms with E-state index in [4.69, 9.17) is 14.2 Å². The number of methoxy groups -OCH3 is 3. The zero-order valence-corrected chi connectivity index (χ0v) is 28.5. The standard InChI is InChI=1S/C34H53NO4S2/c1-33(2,3)27-21-26(22-28(30(27)36)34(4,5)6)40-20-12-10-11-17-35-18-15-25(16-19-35)41-23-24-13-14-29(37-7)32(39-9)31(24)38-8/h13-14,21-22,25,36H,10-12,15-20,23H2,1-9H3. The van der Waals surface area contributed by atoms with Crippen LogP contribution in [0, 0.1) is 0 Å². The van der Waals surface area contributed by atoms with Crippen molar-refractivity contribution < 1.29 is 19.3 Å². The van der Waals surface area contributed by atoms with Crippen LogP contribution < -0.4 is 14.2 Å². The topological polar surface area (TPSA) is 51.2 Å². The second-order valence-corrected chi connectivity index (χ2v) is 15.6. The first-order valence-electron chi connectivity index (χ1n) is 15.0. The Balaban J connectivity index is 1.38. The van der Waals surface area contributed by atoms with Crippen molar-refractivity contribution in [1.29, 1.82) is 0 Å². The van der Waals surface area contributed by atoms with E-state index in [-0.39, 0.29) is 10.8 Å². The number of phenols is 1. The molecule has 1 N–H and O–H groups in total. The third-order valence-electron chi connectivity index (χ3n) is 7.88. The molecule has 1 fully saturated rings. The summed E-state index contributed by atoms with van der Waals surface area (Å²) in [6, 6.07) is 8.47. The number of rotatable bonds is 13. The molecule has 230 valence electrons. The smallest absolute Gasteiger partial charge is 0.203 e. The largest absolute Gasteiger partial charge is 0.507 e. The molecule has 3 rings (SSSR count). The number of phenolic OH excluding ortho intramolecular Hbond substituents is 1. The van der Waals surface area contributed by atoms with Gasteiger partial charge >= 0.3 is 0 Å². The molecule has 5 nitrogen and oxygen atoms in total. The highest BCUT2D eigenvalue weighted by Gasteiger charge is 2.27. The summed E-state index contributed by atoms with van der Waals surface area (Å²) in [5.41, 5.74) is 3.10. The van der Waals surface area contributed by atoms with Gasteiger partial charge in [0.05, 0.1) is 21.3 Å². The number of piperidine rings is 1. The van der Waals surface area contributed by atoms with Gasteiger partial charge in [-0.15, -0.1) is 11.8 Å². The normalized spacial score (nSPS) is 15.2. The van der Waals surface area contributed by atoms with E-state index >= 15 is 0 Å². The van der Waals surface area contributed by atoms with Crippen LogP contribution in [0.4, 0.5) is 0 Å². The molecule has 41 heavy (non-hydrogen) atoms. The van der Waals surface area contributed by atoms with Crippen LogP contribution in [0.3, 0.4) is 0 Å². The van der Waals surface area contributed by atoms with E-state index in [9.17, 15) is 5.11 Å². The minimum atomic E-state index is -0.0807. The molecule has 0 radical (unpaired) electrons. The van der Waals surface area contributed by atoms with Crippen molar-refractivity contribution in [3.05, 3.63) is 41.0 Å². The van der Waals surface area contributed by atoms with Gasteiger partial charge in [0.15, 0.2) is 11.5 Å². The third kappa shape index (κ3) is 9.39. The predicted octanol–water partition coefficient (Wildman–Crippen LogP) is 8.67. The van der Waals surface area contributed by atoms with E-state index < -0.39 is 0 Å². The van der Waals surface area contributed by atoms with Crippen LogP contribution in [-0.4, -0.2) is 62.0 Å². The lowest BCUT2D eigenvalue weighted by Crippen LogP contribution is -2.35. The van der Waals surface area contributed by atoms with Crippen LogP contribution in [0.1, 0.15) is 90.3 Å². The van der Waals surface area contributed by atoms with Gasteiger partial charge in [-0.1, -0.05) is 54.0 Å². The van der Waals surface area contributed by atoms with Gasteiger partial charge in [0.2, 0.25) is 5.75 Å². The van der Waals surface area contributed by atoms with Crippen molar-refractivity contribution in [2.24, 2.45) is 0 Å². The molecule has 1 heterocycles. The number of nitrogens with zero attached hydrogens (tertiary/aromatic N) is 1. The Morgan fingerprint density at radius 3 is 1.98 bits per heavy atom. The Bertz CT molecular complexity index is 1080. The number of ether oxygens (including phenoxy) is 3. The minimum Gasteiger partial charge on any atom is -0.507 e. The van der Waals surface area contributed by atoms with E-state index in [1.54, 1.807) is 21.3 Å². The van der Waals surface area contributed by atoms with Gasteiger partial charge in [0.25, 0.3) is 0 Å². The van der Waals surface area contributed by atoms with Crippen LogP contribution in [0.25, 0.3) is 0 Å². The maximum absolute atomic E-state index is 11.0. The lowest BCUT2D eigenvalue weighted by molar-refractivity contribution is 0.228. The predicted molar refractivity (Wildman–Crippen MR) is 177 cm³/mol. The first-order valence-corrected chi connectivity index (χ1v) is 17.0. The second-order valence-electron chi connectivity index (χ2n) is 13.1. The van der Waals surface area contributed by atoms with E-state index in [1.165, 1.54) is 56.6 Å². The molecule has 1 aliphatic heterocycles. The van der Waals surface area contributed by atoms with Gasteiger partial charge in [-0.05, 0) is 80.1 Å². The summed E-state index contributed by atoms with van der Waals surface area (Å²) in [5, 5.41) is 11.7. The Morgan fingerprint density at radius 1 is 0.829 bits per heavy atom. The fourth-order valence-electron chi connectivity index (χ4n) is 5.42. The molecule has 2 aromatic rings. The van der Waals surface area contributed by atoms with Crippen LogP contribution in [0.2, 0.25) is 0 Å². The molecular formula is C34H53NO4S2. The summed E-state index contributed by atoms with van der Waals surface area (Å²) in [4.78, 5) is 3.93. The number of likely N-dealkylation sites (tertiary alicyclic amines) is 1. The molecule has 0 spiro atoms. The maximum atomic E-state index is 11.0. The minimum absolute atomic E-state index is 0.0807. The van der Waals surface area contributed by atoms with Gasteiger partial charge in [0, 0.05) is 32.6 Å². The first-order chi connectivity index (χ1) is 19.4. The van der Waals surface area contributed by atoms with E-state index in [2.05, 4.69) is 64.6 Å². The SMILES string of the molecule is COc1ccc(CSC2CCN(CCCCCSc3cc(C(C)(C)C)c(O)c(C(C)(C)C)c3)CC2)c(OC)c1OC. The molecule has 0 amide bonds. The third-order valence-corrected chi connectivity index (χ3v) is 10.4. The van der Waals surface area contributed by atoms with E-state index in [0.717, 1.165) is 33.9 Å². The number of aromatic hydroxyl groups is 1. The molecule has 1 aliphatic rings. The van der Waals surface area contributed by atoms with E-state index in [0.29, 0.717) is 22.5 Å². The van der Waals surface area contributed by atoms with Crippen molar-refractivity contribution in [3.63, 3.8) is 0 Å². The van der Waals surface area contributed by atoms with E-state index in [1.807, 2.05) is 29.6 Å². The number of unbranched alkanes of at least 4 members (excludes halogenated alkanes) is 2. The van der Waals surface area contributed by atoms with Crippen LogP contribution in [-0.2, 0) is 16.6 Å². The summed E-state index contributed by atoms with van der Waals surface area (Å²) >= 11 is 3.97. The first kappa shape index (κ1) is 33.8. The summed E-state index contributed by atoms with van der Waals surface area (Å²) in [6.45, 7) is 16.7. The molecule has 0 unspecified atom stereocenters. The second kappa shape index (κ2) is 15.2. The highest BCUT2D eigenvalue weighted by atomic mass is 32.2. The number of hydrogen-bond acceptors (Lipinski definition) is 7. The maximum Gasteiger partial charge on any atom is 0.203 e. The summed E-state index contributed by atoms with van der Waals surface area (Å²) in [5.74, 6) is 4.67. The quantitative estimate of drug-likeness (QED) is 0.182. The Morgan fingerprint density at radius 2 is 1.44 bits per heavy atom. The zero-order valence-electron chi connectivity index (χ0n) is 26.9. The van der Waals surface area contributed by atoms with Gasteiger partial charge < -0.3 is 24.2 Å². The van der Waals surface area contributed by atoms with Crippen molar-refractivity contribution in [2.75, 3.05) is 46.7 Å². The summed E-state index contributed by atoms with van der Waals surface area (Å²) < 4.78 is 16.6. The van der Waals surface area contributed by atoms with Crippen LogP contribution >= 0.6 is 23.5 Å². The lowest BCUT2D eigenvalue weighted by atomic mass is 9.79. The molecule has 0 bridgehead atoms. The number of hydrogen-bond donors (Lipinski definition) is 1. The van der Waals surface area contributed by atoms with Crippen LogP contribution in [0.5, 0.6) is 23.0 Å². The average Bonchev–Trinajstić information content (AvgIpc) is 2.93. The number of benzene rings is 2. The monoisotopic (exact) mass is 603 g/mol. The van der Waals surface area contributed by atoms with Crippen molar-refractivity contribution in [1.82, 2.24) is 4.90 Å². The lowest BCUT2D eigenvalue weighted by Gasteiger charge is -2.31. The van der Waals surface area contributed by atoms with Gasteiger partial charge in [-0.3, -0.25) is 0 Å². The molecule has 7 heteroatoms. The highest BCUT2D eigenvalue weighted by Crippen LogP contribution is 2.43. The Kier molecular flexibility index (Phi) is 12.5. The Labute approximate surface area is 258 Å². The van der Waals surface area contributed by atoms with Gasteiger partial charge in [-0.2, -0.15) is 11.8 Å². The molecule has 1 saturated heterocycles. The molecule has 0 aliphatic carbocycles. The molecule has 0 atom stereocenters. The average molecular weight is 604 g/mol. The molecular weight excluding hydrogens is 551 g/mol. The van der Waals surface area contributed by atoms with Gasteiger partial charge in [-0.25, -0.2) is 0 Å². The summed E-state index contributed by atoms with van der Waals surface area (Å²) in [7, 11) is 5.01. The van der Waals surface area contributed by atoms with Gasteiger partial charge in [0.1, 0.15) is 5.75 Å².